The van der Waals surface area contributed by atoms with Crippen LogP contribution in [0.1, 0.15) is 18.1 Å². The first-order valence-corrected chi connectivity index (χ1v) is 5.73. The van der Waals surface area contributed by atoms with Crippen molar-refractivity contribution in [1.82, 2.24) is 0 Å². The van der Waals surface area contributed by atoms with E-state index in [9.17, 15) is 4.39 Å². The van der Waals surface area contributed by atoms with Crippen LogP contribution in [0.15, 0.2) is 46.6 Å². The monoisotopic (exact) mass is 261 g/mol. The Hall–Kier alpha value is -1.85. The van der Waals surface area contributed by atoms with Gasteiger partial charge >= 0.3 is 0 Å². The molecule has 0 heterocycles. The SMILES string of the molecule is C=C(Cl)/N=C\C(C#Cc1ccc(C)cc1F)=C/C. The standard InChI is InChI=1S/C15H13ClFN/c1-4-13(10-18-12(3)16)6-8-14-7-5-11(2)9-15(14)17/h4-5,7,9-10H,3H2,1-2H3/b13-4-,18-10-. The summed E-state index contributed by atoms with van der Waals surface area (Å²) in [6.07, 6.45) is 3.26. The topological polar surface area (TPSA) is 12.4 Å². The van der Waals surface area contributed by atoms with Gasteiger partial charge in [-0.1, -0.05) is 42.2 Å². The lowest BCUT2D eigenvalue weighted by molar-refractivity contribution is 0.623. The fourth-order valence-electron chi connectivity index (χ4n) is 1.18. The zero-order valence-electron chi connectivity index (χ0n) is 10.3. The number of halogens is 2. The first kappa shape index (κ1) is 14.2. The van der Waals surface area contributed by atoms with Crippen LogP contribution in [-0.2, 0) is 0 Å². The Bertz CT molecular complexity index is 574. The Morgan fingerprint density at radius 2 is 2.22 bits per heavy atom. The van der Waals surface area contributed by atoms with Crippen LogP contribution in [0.5, 0.6) is 0 Å². The van der Waals surface area contributed by atoms with E-state index in [1.165, 1.54) is 12.3 Å². The van der Waals surface area contributed by atoms with Crippen molar-refractivity contribution in [2.75, 3.05) is 0 Å². The Balaban J connectivity index is 2.96. The highest BCUT2D eigenvalue weighted by Crippen LogP contribution is 2.08. The Labute approximate surface area is 112 Å². The van der Waals surface area contributed by atoms with E-state index in [0.717, 1.165) is 5.56 Å². The van der Waals surface area contributed by atoms with Crippen molar-refractivity contribution in [2.45, 2.75) is 13.8 Å². The molecule has 1 aromatic carbocycles. The quantitative estimate of drug-likeness (QED) is 0.430. The Kier molecular flexibility index (Phi) is 5.35. The molecule has 0 saturated carbocycles. The highest BCUT2D eigenvalue weighted by molar-refractivity contribution is 6.29. The number of benzene rings is 1. The predicted molar refractivity (Wildman–Crippen MR) is 75.3 cm³/mol. The molecule has 0 saturated heterocycles. The summed E-state index contributed by atoms with van der Waals surface area (Å²) in [6.45, 7) is 7.08. The van der Waals surface area contributed by atoms with Gasteiger partial charge in [0.2, 0.25) is 0 Å². The molecule has 0 aliphatic rings. The molecule has 0 amide bonds. The molecule has 1 rings (SSSR count). The van der Waals surface area contributed by atoms with Crippen LogP contribution >= 0.6 is 11.6 Å². The summed E-state index contributed by atoms with van der Waals surface area (Å²) in [5.41, 5.74) is 1.87. The van der Waals surface area contributed by atoms with Gasteiger partial charge in [-0.2, -0.15) is 0 Å². The van der Waals surface area contributed by atoms with Crippen molar-refractivity contribution in [3.63, 3.8) is 0 Å². The zero-order valence-corrected chi connectivity index (χ0v) is 11.1. The van der Waals surface area contributed by atoms with E-state index in [-0.39, 0.29) is 11.0 Å². The molecule has 0 N–H and O–H groups in total. The number of rotatable bonds is 2. The van der Waals surface area contributed by atoms with Gasteiger partial charge in [-0.3, -0.25) is 0 Å². The molecule has 0 radical (unpaired) electrons. The van der Waals surface area contributed by atoms with Crippen LogP contribution < -0.4 is 0 Å². The second-order valence-electron chi connectivity index (χ2n) is 3.61. The van der Waals surface area contributed by atoms with Gasteiger partial charge in [-0.25, -0.2) is 9.38 Å². The maximum atomic E-state index is 13.5. The molecule has 92 valence electrons. The molecule has 3 heteroatoms. The number of hydrogen-bond donors (Lipinski definition) is 0. The predicted octanol–water partition coefficient (Wildman–Crippen LogP) is 4.21. The van der Waals surface area contributed by atoms with Crippen molar-refractivity contribution in [3.05, 3.63) is 58.5 Å². The zero-order chi connectivity index (χ0) is 13.5. The average Bonchev–Trinajstić information content (AvgIpc) is 2.31. The summed E-state index contributed by atoms with van der Waals surface area (Å²) in [5.74, 6) is 5.26. The van der Waals surface area contributed by atoms with E-state index in [1.54, 1.807) is 12.1 Å². The van der Waals surface area contributed by atoms with Crippen molar-refractivity contribution in [3.8, 4) is 11.8 Å². The van der Waals surface area contributed by atoms with E-state index < -0.39 is 0 Å². The summed E-state index contributed by atoms with van der Waals surface area (Å²) >= 11 is 5.51. The third-order valence-corrected chi connectivity index (χ3v) is 2.22. The van der Waals surface area contributed by atoms with Crippen LogP contribution in [0.2, 0.25) is 0 Å². The summed E-state index contributed by atoms with van der Waals surface area (Å²) < 4.78 is 13.5. The second kappa shape index (κ2) is 6.78. The van der Waals surface area contributed by atoms with Crippen molar-refractivity contribution in [2.24, 2.45) is 4.99 Å². The molecule has 0 aliphatic carbocycles. The summed E-state index contributed by atoms with van der Waals surface area (Å²) in [4.78, 5) is 3.83. The Morgan fingerprint density at radius 3 is 2.78 bits per heavy atom. The lowest BCUT2D eigenvalue weighted by atomic mass is 10.1. The number of aliphatic imine (C=N–C) groups is 1. The van der Waals surface area contributed by atoms with Gasteiger partial charge < -0.3 is 0 Å². The number of aryl methyl sites for hydroxylation is 1. The first-order chi connectivity index (χ1) is 8.52. The van der Waals surface area contributed by atoms with Crippen LogP contribution in [0.3, 0.4) is 0 Å². The van der Waals surface area contributed by atoms with E-state index in [4.69, 9.17) is 11.6 Å². The molecule has 1 aromatic rings. The van der Waals surface area contributed by atoms with Gasteiger partial charge in [0.1, 0.15) is 11.0 Å². The van der Waals surface area contributed by atoms with Gasteiger partial charge in [-0.05, 0) is 31.5 Å². The fraction of sp³-hybridized carbons (Fsp3) is 0.133. The maximum Gasteiger partial charge on any atom is 0.139 e. The van der Waals surface area contributed by atoms with Crippen LogP contribution in [0.4, 0.5) is 4.39 Å². The molecule has 18 heavy (non-hydrogen) atoms. The summed E-state index contributed by atoms with van der Waals surface area (Å²) in [7, 11) is 0. The minimum absolute atomic E-state index is 0.178. The largest absolute Gasteiger partial charge is 0.244 e. The van der Waals surface area contributed by atoms with Gasteiger partial charge in [-0.15, -0.1) is 0 Å². The maximum absolute atomic E-state index is 13.5. The molecule has 0 aromatic heterocycles. The smallest absolute Gasteiger partial charge is 0.139 e. The molecule has 0 aliphatic heterocycles. The molecule has 0 bridgehead atoms. The number of hydrogen-bond acceptors (Lipinski definition) is 1. The minimum atomic E-state index is -0.323. The van der Waals surface area contributed by atoms with Gasteiger partial charge in [0.25, 0.3) is 0 Å². The second-order valence-corrected chi connectivity index (χ2v) is 4.05. The van der Waals surface area contributed by atoms with E-state index in [0.29, 0.717) is 11.1 Å². The summed E-state index contributed by atoms with van der Waals surface area (Å²) in [6, 6.07) is 4.92. The first-order valence-electron chi connectivity index (χ1n) is 5.36. The molecule has 1 nitrogen and oxygen atoms in total. The lowest BCUT2D eigenvalue weighted by Crippen LogP contribution is -1.86. The molecule has 0 spiro atoms. The number of nitrogens with zero attached hydrogens (tertiary/aromatic N) is 1. The normalized spacial score (nSPS) is 11.2. The molecule has 0 fully saturated rings. The highest BCUT2D eigenvalue weighted by Gasteiger charge is 1.97. The van der Waals surface area contributed by atoms with Gasteiger partial charge in [0.05, 0.1) is 5.56 Å². The summed E-state index contributed by atoms with van der Waals surface area (Å²) in [5, 5.41) is 0.178. The lowest BCUT2D eigenvalue weighted by Gasteiger charge is -1.95. The Morgan fingerprint density at radius 1 is 1.50 bits per heavy atom. The highest BCUT2D eigenvalue weighted by atomic mass is 35.5. The number of allylic oxidation sites excluding steroid dienone is 2. The van der Waals surface area contributed by atoms with E-state index in [2.05, 4.69) is 23.4 Å². The average molecular weight is 262 g/mol. The molecular formula is C15H13ClFN. The fourth-order valence-corrected chi connectivity index (χ4v) is 1.23. The van der Waals surface area contributed by atoms with Crippen LogP contribution in [-0.4, -0.2) is 6.21 Å². The molecular weight excluding hydrogens is 249 g/mol. The van der Waals surface area contributed by atoms with Crippen molar-refractivity contribution >= 4 is 17.8 Å². The third kappa shape index (κ3) is 4.57. The van der Waals surface area contributed by atoms with Gasteiger partial charge in [0.15, 0.2) is 0 Å². The van der Waals surface area contributed by atoms with Crippen molar-refractivity contribution < 1.29 is 4.39 Å². The molecule has 0 unspecified atom stereocenters. The molecule has 0 atom stereocenters. The van der Waals surface area contributed by atoms with Crippen LogP contribution in [0.25, 0.3) is 0 Å². The van der Waals surface area contributed by atoms with Crippen LogP contribution in [0, 0.1) is 24.6 Å². The van der Waals surface area contributed by atoms with E-state index >= 15 is 0 Å². The third-order valence-electron chi connectivity index (χ3n) is 2.12. The van der Waals surface area contributed by atoms with Crippen molar-refractivity contribution in [1.29, 1.82) is 0 Å². The van der Waals surface area contributed by atoms with E-state index in [1.807, 2.05) is 19.9 Å². The van der Waals surface area contributed by atoms with Gasteiger partial charge in [0, 0.05) is 11.8 Å². The minimum Gasteiger partial charge on any atom is -0.244 e.